The maximum Gasteiger partial charge on any atom is 0.224 e. The van der Waals surface area contributed by atoms with E-state index in [1.807, 2.05) is 0 Å². The van der Waals surface area contributed by atoms with Crippen molar-refractivity contribution in [2.45, 2.75) is 76.9 Å². The molecule has 0 saturated heterocycles. The van der Waals surface area contributed by atoms with Gasteiger partial charge in [-0.05, 0) is 92.8 Å². The third-order valence-electron chi connectivity index (χ3n) is 9.81. The molecule has 0 radical (unpaired) electrons. The van der Waals surface area contributed by atoms with E-state index in [-0.39, 0.29) is 23.7 Å². The second-order valence-electron chi connectivity index (χ2n) is 11.2. The van der Waals surface area contributed by atoms with Gasteiger partial charge in [0.2, 0.25) is 5.69 Å². The molecule has 0 unspecified atom stereocenters. The zero-order chi connectivity index (χ0) is 21.8. The van der Waals surface area contributed by atoms with Gasteiger partial charge in [0.15, 0.2) is 5.78 Å². The number of halogens is 1. The molecule has 1 aromatic heterocycles. The molecule has 4 saturated carbocycles. The van der Waals surface area contributed by atoms with Crippen LogP contribution in [0.1, 0.15) is 64.7 Å². The third kappa shape index (κ3) is 3.44. The largest absolute Gasteiger partial charge is 0.387 e. The normalized spacial score (nSPS) is 44.1. The highest BCUT2D eigenvalue weighted by atomic mass is 19.1. The van der Waals surface area contributed by atoms with Gasteiger partial charge >= 0.3 is 0 Å². The molecule has 5 nitrogen and oxygen atoms in total. The average Bonchev–Trinajstić information content (AvgIpc) is 3.36. The van der Waals surface area contributed by atoms with Gasteiger partial charge in [0.05, 0.1) is 24.9 Å². The van der Waals surface area contributed by atoms with Gasteiger partial charge in [0, 0.05) is 12.1 Å². The molecule has 0 bridgehead atoms. The third-order valence-corrected chi connectivity index (χ3v) is 9.81. The summed E-state index contributed by atoms with van der Waals surface area (Å²) < 4.78 is 15.0. The fourth-order valence-corrected chi connectivity index (χ4v) is 8.38. The van der Waals surface area contributed by atoms with Crippen LogP contribution in [-0.4, -0.2) is 32.9 Å². The lowest BCUT2D eigenvalue weighted by Gasteiger charge is -2.56. The van der Waals surface area contributed by atoms with Gasteiger partial charge in [-0.2, -0.15) is 5.10 Å². The standard InChI is InChI=1S/C25H34FN3O2/c1-24-9-7-19-18-8-10-25(31,15-26)11-16(18)3-4-20(19)21(24)5-6-22(24)23(30)14-29-13-17(27-2)12-28-29/h12-13,16,18-22,31H,3-11,14-15H2,1H3/t16-,18+,19-,20-,21+,22-,24+,25-/m1/s1. The maximum absolute atomic E-state index is 13.4. The Hall–Kier alpha value is -1.74. The van der Waals surface area contributed by atoms with Crippen molar-refractivity contribution in [2.24, 2.45) is 40.9 Å². The molecule has 0 aliphatic heterocycles. The number of rotatable bonds is 4. The van der Waals surface area contributed by atoms with Crippen LogP contribution in [0.5, 0.6) is 0 Å². The Labute approximate surface area is 184 Å². The van der Waals surface area contributed by atoms with Crippen molar-refractivity contribution in [3.8, 4) is 0 Å². The van der Waals surface area contributed by atoms with Crippen LogP contribution in [0, 0.1) is 47.5 Å². The van der Waals surface area contributed by atoms with Crippen molar-refractivity contribution in [3.05, 3.63) is 23.8 Å². The SMILES string of the molecule is [C-]#[N+]c1cnn(CC(=O)[C@H]2CC[C@H]3[C@@H]4CC[C@@H]5C[C@@](O)(CF)CC[C@@H]5[C@H]4CC[C@]23C)c1. The van der Waals surface area contributed by atoms with Crippen LogP contribution in [0.4, 0.5) is 10.1 Å². The molecule has 8 atom stereocenters. The van der Waals surface area contributed by atoms with E-state index in [0.717, 1.165) is 32.1 Å². The Bertz CT molecular complexity index is 894. The number of aliphatic hydroxyl groups is 1. The van der Waals surface area contributed by atoms with Crippen LogP contribution in [0.15, 0.2) is 12.4 Å². The minimum Gasteiger partial charge on any atom is -0.387 e. The molecule has 1 heterocycles. The summed E-state index contributed by atoms with van der Waals surface area (Å²) in [6.07, 6.45) is 12.0. The summed E-state index contributed by atoms with van der Waals surface area (Å²) >= 11 is 0. The first kappa shape index (κ1) is 21.1. The average molecular weight is 428 g/mol. The van der Waals surface area contributed by atoms with E-state index in [9.17, 15) is 14.3 Å². The highest BCUT2D eigenvalue weighted by molar-refractivity contribution is 5.82. The monoisotopic (exact) mass is 427 g/mol. The minimum absolute atomic E-state index is 0.0647. The molecule has 4 fully saturated rings. The van der Waals surface area contributed by atoms with Crippen molar-refractivity contribution < 1.29 is 14.3 Å². The van der Waals surface area contributed by atoms with Crippen molar-refractivity contribution in [2.75, 3.05) is 6.67 Å². The highest BCUT2D eigenvalue weighted by Crippen LogP contribution is 2.64. The Kier molecular flexibility index (Phi) is 5.24. The summed E-state index contributed by atoms with van der Waals surface area (Å²) in [4.78, 5) is 16.7. The number of aromatic nitrogens is 2. The van der Waals surface area contributed by atoms with Gasteiger partial charge in [-0.15, -0.1) is 0 Å². The van der Waals surface area contributed by atoms with Gasteiger partial charge in [-0.1, -0.05) is 6.92 Å². The first-order valence-electron chi connectivity index (χ1n) is 12.1. The van der Waals surface area contributed by atoms with E-state index in [1.165, 1.54) is 19.0 Å². The molecule has 31 heavy (non-hydrogen) atoms. The Balaban J connectivity index is 1.29. The molecule has 6 heteroatoms. The van der Waals surface area contributed by atoms with E-state index in [4.69, 9.17) is 6.57 Å². The number of hydrogen-bond acceptors (Lipinski definition) is 3. The number of carbonyl (C=O) groups is 1. The van der Waals surface area contributed by atoms with Crippen LogP contribution in [0.2, 0.25) is 0 Å². The molecule has 5 rings (SSSR count). The summed E-state index contributed by atoms with van der Waals surface area (Å²) in [7, 11) is 0. The second-order valence-corrected chi connectivity index (χ2v) is 11.2. The molecule has 4 aliphatic carbocycles. The molecule has 0 amide bonds. The van der Waals surface area contributed by atoms with Crippen molar-refractivity contribution in [1.82, 2.24) is 9.78 Å². The van der Waals surface area contributed by atoms with E-state index in [1.54, 1.807) is 10.9 Å². The predicted molar refractivity (Wildman–Crippen MR) is 115 cm³/mol. The Morgan fingerprint density at radius 1 is 1.23 bits per heavy atom. The van der Waals surface area contributed by atoms with Crippen LogP contribution < -0.4 is 0 Å². The quantitative estimate of drug-likeness (QED) is 0.690. The van der Waals surface area contributed by atoms with Crippen molar-refractivity contribution in [1.29, 1.82) is 0 Å². The molecule has 4 aliphatic rings. The van der Waals surface area contributed by atoms with Crippen molar-refractivity contribution >= 4 is 11.5 Å². The van der Waals surface area contributed by atoms with Gasteiger partial charge in [0.25, 0.3) is 0 Å². The van der Waals surface area contributed by atoms with Gasteiger partial charge in [-0.3, -0.25) is 9.48 Å². The lowest BCUT2D eigenvalue weighted by atomic mass is 9.49. The van der Waals surface area contributed by atoms with Crippen molar-refractivity contribution in [3.63, 3.8) is 0 Å². The summed E-state index contributed by atoms with van der Waals surface area (Å²) in [5, 5.41) is 14.7. The van der Waals surface area contributed by atoms with Gasteiger partial charge in [-0.25, -0.2) is 9.24 Å². The van der Waals surface area contributed by atoms with Gasteiger partial charge in [0.1, 0.15) is 6.67 Å². The predicted octanol–water partition coefficient (Wildman–Crippen LogP) is 4.97. The van der Waals surface area contributed by atoms with Gasteiger partial charge < -0.3 is 5.11 Å². The van der Waals surface area contributed by atoms with Crippen LogP contribution in [0.25, 0.3) is 4.85 Å². The fraction of sp³-hybridized carbons (Fsp3) is 0.800. The number of alkyl halides is 1. The number of hydrogen-bond donors (Lipinski definition) is 1. The summed E-state index contributed by atoms with van der Waals surface area (Å²) in [5.74, 6) is 3.40. The smallest absolute Gasteiger partial charge is 0.224 e. The lowest BCUT2D eigenvalue weighted by molar-refractivity contribution is -0.134. The molecule has 1 aromatic rings. The number of fused-ring (bicyclic) bond motifs is 5. The van der Waals surface area contributed by atoms with E-state index >= 15 is 0 Å². The van der Waals surface area contributed by atoms with E-state index in [0.29, 0.717) is 48.1 Å². The maximum atomic E-state index is 13.4. The number of nitrogens with zero attached hydrogens (tertiary/aromatic N) is 3. The number of carbonyl (C=O) groups excluding carboxylic acids is 1. The lowest BCUT2D eigenvalue weighted by Crippen LogP contribution is -2.52. The highest BCUT2D eigenvalue weighted by Gasteiger charge is 2.59. The van der Waals surface area contributed by atoms with Crippen LogP contribution in [-0.2, 0) is 11.3 Å². The van der Waals surface area contributed by atoms with E-state index in [2.05, 4.69) is 16.9 Å². The first-order chi connectivity index (χ1) is 14.9. The molecular formula is C25H34FN3O2. The number of Topliss-reactive ketones (excluding diaryl/α,β-unsaturated/α-hetero) is 1. The van der Waals surface area contributed by atoms with Crippen LogP contribution >= 0.6 is 0 Å². The Morgan fingerprint density at radius 3 is 2.77 bits per heavy atom. The molecule has 168 valence electrons. The first-order valence-corrected chi connectivity index (χ1v) is 12.1. The van der Waals surface area contributed by atoms with E-state index < -0.39 is 12.3 Å². The summed E-state index contributed by atoms with van der Waals surface area (Å²) in [5.41, 5.74) is -0.538. The molecule has 0 aromatic carbocycles. The fourth-order valence-electron chi connectivity index (χ4n) is 8.38. The van der Waals surface area contributed by atoms with Crippen LogP contribution in [0.3, 0.4) is 0 Å². The number of ketones is 1. The minimum atomic E-state index is -1.08. The second kappa shape index (κ2) is 7.69. The summed E-state index contributed by atoms with van der Waals surface area (Å²) in [6, 6.07) is 0. The topological polar surface area (TPSA) is 59.5 Å². The summed E-state index contributed by atoms with van der Waals surface area (Å²) in [6.45, 7) is 9.11. The zero-order valence-electron chi connectivity index (χ0n) is 18.5. The Morgan fingerprint density at radius 2 is 2.03 bits per heavy atom. The molecule has 1 N–H and O–H groups in total. The molecular weight excluding hydrogens is 393 g/mol. The molecule has 0 spiro atoms. The zero-order valence-corrected chi connectivity index (χ0v) is 18.5.